The normalized spacial score (nSPS) is 20.7. The summed E-state index contributed by atoms with van der Waals surface area (Å²) in [5, 5.41) is 3.13. The second-order valence-corrected chi connectivity index (χ2v) is 7.49. The van der Waals surface area contributed by atoms with Crippen molar-refractivity contribution in [3.05, 3.63) is 65.2 Å². The van der Waals surface area contributed by atoms with Crippen LogP contribution < -0.4 is 16.0 Å². The van der Waals surface area contributed by atoms with Crippen LogP contribution in [-0.4, -0.2) is 24.9 Å². The maximum Gasteiger partial charge on any atom is 0.287 e. The van der Waals surface area contributed by atoms with E-state index in [1.54, 1.807) is 0 Å². The van der Waals surface area contributed by atoms with Crippen LogP contribution >= 0.6 is 0 Å². The molecular weight excluding hydrogens is 338 g/mol. The molecule has 0 spiro atoms. The van der Waals surface area contributed by atoms with Gasteiger partial charge in [-0.25, -0.2) is 0 Å². The lowest BCUT2D eigenvalue weighted by molar-refractivity contribution is -0.927. The van der Waals surface area contributed by atoms with Crippen LogP contribution in [0.1, 0.15) is 35.6 Å². The number of nitrogens with two attached hydrogens (primary N) is 1. The zero-order valence-corrected chi connectivity index (χ0v) is 16.0. The summed E-state index contributed by atoms with van der Waals surface area (Å²) in [6.07, 6.45) is 1.45. The Balaban J connectivity index is 1.83. The first kappa shape index (κ1) is 19.1. The fraction of sp³-hybridized carbons (Fsp3) is 0.364. The van der Waals surface area contributed by atoms with Gasteiger partial charge in [0, 0.05) is 30.0 Å². The van der Waals surface area contributed by atoms with E-state index in [1.165, 1.54) is 4.90 Å². The van der Waals surface area contributed by atoms with Crippen molar-refractivity contribution in [2.45, 2.75) is 32.7 Å². The molecule has 1 fully saturated rings. The number of carbonyl (C=O) groups is 2. The van der Waals surface area contributed by atoms with Gasteiger partial charge < -0.3 is 16.0 Å². The molecule has 0 unspecified atom stereocenters. The molecule has 2 aromatic carbocycles. The second-order valence-electron chi connectivity index (χ2n) is 7.49. The van der Waals surface area contributed by atoms with Gasteiger partial charge in [0.2, 0.25) is 5.91 Å². The minimum Gasteiger partial charge on any atom is -0.369 e. The van der Waals surface area contributed by atoms with Gasteiger partial charge in [0.15, 0.2) is 6.04 Å². The summed E-state index contributed by atoms with van der Waals surface area (Å²) in [6, 6.07) is 15.6. The molecule has 4 N–H and O–H groups in total. The highest BCUT2D eigenvalue weighted by molar-refractivity contribution is 5.95. The van der Waals surface area contributed by atoms with Crippen LogP contribution in [0, 0.1) is 19.8 Å². The maximum atomic E-state index is 13.3. The van der Waals surface area contributed by atoms with Gasteiger partial charge in [0.25, 0.3) is 5.91 Å². The van der Waals surface area contributed by atoms with E-state index in [2.05, 4.69) is 5.32 Å². The number of hydrogen-bond donors (Lipinski definition) is 3. The van der Waals surface area contributed by atoms with Gasteiger partial charge in [-0.15, -0.1) is 0 Å². The Hall–Kier alpha value is -2.66. The van der Waals surface area contributed by atoms with Crippen molar-refractivity contribution in [3.8, 4) is 0 Å². The summed E-state index contributed by atoms with van der Waals surface area (Å²) in [7, 11) is 0. The number of quaternary nitrogens is 1. The van der Waals surface area contributed by atoms with Gasteiger partial charge >= 0.3 is 0 Å². The Labute approximate surface area is 160 Å². The highest BCUT2D eigenvalue weighted by Gasteiger charge is 2.36. The average molecular weight is 366 g/mol. The van der Waals surface area contributed by atoms with E-state index in [1.807, 2.05) is 62.4 Å². The van der Waals surface area contributed by atoms with E-state index in [-0.39, 0.29) is 23.8 Å². The van der Waals surface area contributed by atoms with Crippen LogP contribution in [0.25, 0.3) is 0 Å². The number of aryl methyl sites for hydroxylation is 2. The molecule has 0 bridgehead atoms. The summed E-state index contributed by atoms with van der Waals surface area (Å²) in [6.45, 7) is 5.53. The summed E-state index contributed by atoms with van der Waals surface area (Å²) in [5.74, 6) is -0.320. The summed E-state index contributed by atoms with van der Waals surface area (Å²) in [5.41, 5.74) is 9.47. The quantitative estimate of drug-likeness (QED) is 0.754. The van der Waals surface area contributed by atoms with Crippen LogP contribution in [0.15, 0.2) is 48.5 Å². The average Bonchev–Trinajstić information content (AvgIpc) is 2.66. The molecule has 0 radical (unpaired) electrons. The summed E-state index contributed by atoms with van der Waals surface area (Å²) < 4.78 is 0. The molecule has 0 aromatic heterocycles. The van der Waals surface area contributed by atoms with Crippen molar-refractivity contribution < 1.29 is 14.5 Å². The zero-order chi connectivity index (χ0) is 19.4. The highest BCUT2D eigenvalue weighted by atomic mass is 16.2. The topological polar surface area (TPSA) is 76.6 Å². The second kappa shape index (κ2) is 8.35. The fourth-order valence-electron chi connectivity index (χ4n) is 3.86. The lowest BCUT2D eigenvalue weighted by Crippen LogP contribution is -3.14. The van der Waals surface area contributed by atoms with E-state index in [0.29, 0.717) is 0 Å². The fourth-order valence-corrected chi connectivity index (χ4v) is 3.86. The number of carbonyl (C=O) groups excluding carboxylic acids is 2. The zero-order valence-electron chi connectivity index (χ0n) is 16.0. The van der Waals surface area contributed by atoms with Crippen molar-refractivity contribution in [2.75, 3.05) is 18.4 Å². The molecule has 1 aliphatic rings. The Kier molecular flexibility index (Phi) is 5.91. The molecule has 1 atom stereocenters. The Morgan fingerprint density at radius 1 is 1.07 bits per heavy atom. The number of primary amides is 1. The van der Waals surface area contributed by atoms with Crippen LogP contribution in [0.2, 0.25) is 0 Å². The maximum absolute atomic E-state index is 13.3. The van der Waals surface area contributed by atoms with E-state index >= 15 is 0 Å². The predicted molar refractivity (Wildman–Crippen MR) is 106 cm³/mol. The van der Waals surface area contributed by atoms with E-state index in [9.17, 15) is 9.59 Å². The van der Waals surface area contributed by atoms with Crippen LogP contribution in [-0.2, 0) is 9.59 Å². The number of benzene rings is 2. The van der Waals surface area contributed by atoms with Crippen LogP contribution in [0.5, 0.6) is 0 Å². The predicted octanol–water partition coefficient (Wildman–Crippen LogP) is 1.76. The molecule has 2 aromatic rings. The lowest BCUT2D eigenvalue weighted by atomic mass is 9.93. The molecule has 0 aliphatic carbocycles. The third-order valence-electron chi connectivity index (χ3n) is 5.48. The lowest BCUT2D eigenvalue weighted by Gasteiger charge is -2.33. The molecule has 2 amide bonds. The first-order chi connectivity index (χ1) is 13.0. The van der Waals surface area contributed by atoms with Crippen molar-refractivity contribution in [1.82, 2.24) is 0 Å². The van der Waals surface area contributed by atoms with Gasteiger partial charge in [-0.05, 0) is 31.0 Å². The molecular formula is C22H28N3O2+. The monoisotopic (exact) mass is 366 g/mol. The molecule has 5 nitrogen and oxygen atoms in total. The number of hydrogen-bond acceptors (Lipinski definition) is 2. The van der Waals surface area contributed by atoms with Gasteiger partial charge in [0.05, 0.1) is 13.1 Å². The summed E-state index contributed by atoms with van der Waals surface area (Å²) >= 11 is 0. The van der Waals surface area contributed by atoms with Gasteiger partial charge in [-0.2, -0.15) is 0 Å². The number of anilines is 1. The van der Waals surface area contributed by atoms with Gasteiger partial charge in [0.1, 0.15) is 0 Å². The number of nitrogens with one attached hydrogen (secondary N) is 2. The van der Waals surface area contributed by atoms with E-state index < -0.39 is 0 Å². The van der Waals surface area contributed by atoms with E-state index in [0.717, 1.165) is 48.3 Å². The van der Waals surface area contributed by atoms with Crippen molar-refractivity contribution in [1.29, 1.82) is 0 Å². The standard InChI is InChI=1S/C22H27N3O2/c1-15-8-9-16(2)19(14-15)24-22(27)20(17-6-4-3-5-7-17)25-12-10-18(11-13-25)21(23)26/h3-9,14,18,20H,10-13H2,1-2H3,(H2,23,26)(H,24,27)/p+1/t20-/m1/s1. The number of rotatable bonds is 5. The molecule has 142 valence electrons. The number of amides is 2. The Bertz CT molecular complexity index is 812. The largest absolute Gasteiger partial charge is 0.369 e. The first-order valence-electron chi connectivity index (χ1n) is 9.52. The van der Waals surface area contributed by atoms with Crippen molar-refractivity contribution in [3.63, 3.8) is 0 Å². The smallest absolute Gasteiger partial charge is 0.287 e. The van der Waals surface area contributed by atoms with Gasteiger partial charge in [-0.1, -0.05) is 42.5 Å². The Morgan fingerprint density at radius 3 is 2.37 bits per heavy atom. The summed E-state index contributed by atoms with van der Waals surface area (Å²) in [4.78, 5) is 25.9. The molecule has 1 saturated heterocycles. The molecule has 1 heterocycles. The minimum absolute atomic E-state index is 0.0116. The first-order valence-corrected chi connectivity index (χ1v) is 9.52. The van der Waals surface area contributed by atoms with Crippen LogP contribution in [0.4, 0.5) is 5.69 Å². The molecule has 5 heteroatoms. The Morgan fingerprint density at radius 2 is 1.74 bits per heavy atom. The molecule has 0 saturated carbocycles. The number of piperidine rings is 1. The van der Waals surface area contributed by atoms with Crippen LogP contribution in [0.3, 0.4) is 0 Å². The molecule has 27 heavy (non-hydrogen) atoms. The third kappa shape index (κ3) is 4.55. The van der Waals surface area contributed by atoms with Crippen molar-refractivity contribution >= 4 is 17.5 Å². The highest BCUT2D eigenvalue weighted by Crippen LogP contribution is 2.20. The number of likely N-dealkylation sites (tertiary alicyclic amines) is 1. The molecule has 1 aliphatic heterocycles. The molecule has 3 rings (SSSR count). The third-order valence-corrected chi connectivity index (χ3v) is 5.48. The van der Waals surface area contributed by atoms with Gasteiger partial charge in [-0.3, -0.25) is 9.59 Å². The van der Waals surface area contributed by atoms with Crippen molar-refractivity contribution in [2.24, 2.45) is 11.7 Å². The van der Waals surface area contributed by atoms with E-state index in [4.69, 9.17) is 5.73 Å². The minimum atomic E-state index is -0.306. The SMILES string of the molecule is Cc1ccc(C)c(NC(=O)[C@@H](c2ccccc2)[NH+]2CCC(C(N)=O)CC2)c1.